The maximum Gasteiger partial charge on any atom is 0.573 e. The van der Waals surface area contributed by atoms with E-state index in [0.29, 0.717) is 6.42 Å². The van der Waals surface area contributed by atoms with Crippen LogP contribution >= 0.6 is 0 Å². The van der Waals surface area contributed by atoms with Crippen molar-refractivity contribution in [1.82, 2.24) is 0 Å². The van der Waals surface area contributed by atoms with E-state index in [-0.39, 0.29) is 11.8 Å². The number of hydrogen-bond donors (Lipinski definition) is 1. The lowest BCUT2D eigenvalue weighted by molar-refractivity contribution is -0.274. The van der Waals surface area contributed by atoms with Gasteiger partial charge in [-0.25, -0.2) is 0 Å². The minimum absolute atomic E-state index is 0.247. The lowest BCUT2D eigenvalue weighted by Crippen LogP contribution is -2.17. The normalized spacial score (nSPS) is 13.2. The average molecular weight is 245 g/mol. The van der Waals surface area contributed by atoms with E-state index >= 15 is 0 Å². The number of halogens is 3. The summed E-state index contributed by atoms with van der Waals surface area (Å²) in [7, 11) is 0. The van der Waals surface area contributed by atoms with Crippen LogP contribution in [0.15, 0.2) is 36.4 Å². The van der Waals surface area contributed by atoms with Gasteiger partial charge in [0, 0.05) is 6.04 Å². The number of nitrogens with two attached hydrogens (primary N) is 1. The third-order valence-corrected chi connectivity index (χ3v) is 2.11. The summed E-state index contributed by atoms with van der Waals surface area (Å²) < 4.78 is 39.5. The molecule has 1 aromatic rings. The molecule has 1 aromatic carbocycles. The lowest BCUT2D eigenvalue weighted by Gasteiger charge is -2.13. The fourth-order valence-electron chi connectivity index (χ4n) is 1.41. The van der Waals surface area contributed by atoms with Crippen LogP contribution in [0.3, 0.4) is 0 Å². The van der Waals surface area contributed by atoms with Crippen LogP contribution in [0.4, 0.5) is 13.2 Å². The molecule has 1 rings (SSSR count). The Hall–Kier alpha value is -1.49. The molecule has 0 spiro atoms. The first kappa shape index (κ1) is 13.6. The Morgan fingerprint density at radius 2 is 1.88 bits per heavy atom. The molecule has 0 aliphatic carbocycles. The molecule has 0 radical (unpaired) electrons. The second-order valence-corrected chi connectivity index (χ2v) is 3.88. The van der Waals surface area contributed by atoms with Crippen molar-refractivity contribution in [2.45, 2.75) is 25.7 Å². The third kappa shape index (κ3) is 4.91. The summed E-state index contributed by atoms with van der Waals surface area (Å²) in [4.78, 5) is 0. The van der Waals surface area contributed by atoms with Crippen LogP contribution < -0.4 is 10.5 Å². The van der Waals surface area contributed by atoms with Gasteiger partial charge in [0.05, 0.1) is 0 Å². The second kappa shape index (κ2) is 5.23. The summed E-state index contributed by atoms with van der Waals surface area (Å²) in [6.07, 6.45) is -4.07. The highest BCUT2D eigenvalue weighted by molar-refractivity contribution is 5.29. The van der Waals surface area contributed by atoms with E-state index < -0.39 is 6.36 Å². The highest BCUT2D eigenvalue weighted by Crippen LogP contribution is 2.25. The Kier molecular flexibility index (Phi) is 4.17. The van der Waals surface area contributed by atoms with E-state index in [0.717, 1.165) is 11.1 Å². The molecule has 0 amide bonds. The van der Waals surface area contributed by atoms with Crippen molar-refractivity contribution in [2.24, 2.45) is 5.73 Å². The fraction of sp³-hybridized carbons (Fsp3) is 0.333. The van der Waals surface area contributed by atoms with Gasteiger partial charge in [-0.1, -0.05) is 17.7 Å². The van der Waals surface area contributed by atoms with Crippen molar-refractivity contribution in [2.75, 3.05) is 0 Å². The van der Waals surface area contributed by atoms with Crippen LogP contribution in [-0.4, -0.2) is 6.36 Å². The number of benzene rings is 1. The molecule has 2 nitrogen and oxygen atoms in total. The van der Waals surface area contributed by atoms with Gasteiger partial charge in [0.25, 0.3) is 0 Å². The first-order valence-electron chi connectivity index (χ1n) is 5.03. The summed E-state index contributed by atoms with van der Waals surface area (Å²) in [6, 6.07) is 5.29. The van der Waals surface area contributed by atoms with Crippen LogP contribution in [-0.2, 0) is 0 Å². The van der Waals surface area contributed by atoms with E-state index in [9.17, 15) is 13.2 Å². The van der Waals surface area contributed by atoms with E-state index in [4.69, 9.17) is 5.73 Å². The van der Waals surface area contributed by atoms with Crippen LogP contribution in [0.25, 0.3) is 0 Å². The first-order chi connectivity index (χ1) is 7.78. The fourth-order valence-corrected chi connectivity index (χ4v) is 1.41. The van der Waals surface area contributed by atoms with Crippen LogP contribution in [0.5, 0.6) is 5.75 Å². The average Bonchev–Trinajstić information content (AvgIpc) is 2.15. The highest BCUT2D eigenvalue weighted by Gasteiger charge is 2.30. The van der Waals surface area contributed by atoms with Crippen molar-refractivity contribution in [3.05, 3.63) is 42.0 Å². The maximum absolute atomic E-state index is 11.9. The molecule has 0 heterocycles. The van der Waals surface area contributed by atoms with Gasteiger partial charge in [0.15, 0.2) is 0 Å². The molecule has 0 saturated heterocycles. The Bertz CT molecular complexity index is 384. The van der Waals surface area contributed by atoms with Crippen molar-refractivity contribution in [3.63, 3.8) is 0 Å². The Morgan fingerprint density at radius 3 is 2.29 bits per heavy atom. The summed E-state index contributed by atoms with van der Waals surface area (Å²) >= 11 is 0. The molecule has 0 aliphatic rings. The zero-order valence-corrected chi connectivity index (χ0v) is 9.42. The van der Waals surface area contributed by atoms with Crippen molar-refractivity contribution >= 4 is 0 Å². The molecule has 5 heteroatoms. The first-order valence-corrected chi connectivity index (χ1v) is 5.03. The lowest BCUT2D eigenvalue weighted by atomic mass is 10.0. The minimum atomic E-state index is -4.67. The molecule has 0 saturated carbocycles. The molecule has 0 aliphatic heterocycles. The van der Waals surface area contributed by atoms with E-state index in [1.807, 2.05) is 6.92 Å². The molecular weight excluding hydrogens is 231 g/mol. The van der Waals surface area contributed by atoms with Crippen LogP contribution in [0.1, 0.15) is 24.9 Å². The summed E-state index contributed by atoms with van der Waals surface area (Å²) in [5.41, 5.74) is 7.53. The van der Waals surface area contributed by atoms with Crippen molar-refractivity contribution in [1.29, 1.82) is 0 Å². The zero-order chi connectivity index (χ0) is 13.1. The van der Waals surface area contributed by atoms with Gasteiger partial charge in [-0.05, 0) is 31.0 Å². The highest BCUT2D eigenvalue weighted by atomic mass is 19.4. The monoisotopic (exact) mass is 245 g/mol. The van der Waals surface area contributed by atoms with Crippen molar-refractivity contribution in [3.8, 4) is 5.75 Å². The van der Waals surface area contributed by atoms with Gasteiger partial charge in [-0.2, -0.15) is 0 Å². The molecule has 1 atom stereocenters. The Morgan fingerprint density at radius 1 is 1.35 bits per heavy atom. The van der Waals surface area contributed by atoms with E-state index in [1.165, 1.54) is 24.3 Å². The zero-order valence-electron chi connectivity index (χ0n) is 9.42. The van der Waals surface area contributed by atoms with Crippen molar-refractivity contribution < 1.29 is 17.9 Å². The largest absolute Gasteiger partial charge is 0.573 e. The molecule has 0 fully saturated rings. The number of hydrogen-bond acceptors (Lipinski definition) is 2. The van der Waals surface area contributed by atoms with Gasteiger partial charge in [0.1, 0.15) is 5.75 Å². The van der Waals surface area contributed by atoms with Gasteiger partial charge < -0.3 is 10.5 Å². The second-order valence-electron chi connectivity index (χ2n) is 3.88. The molecule has 0 aromatic heterocycles. The van der Waals surface area contributed by atoms with Crippen LogP contribution in [0, 0.1) is 0 Å². The van der Waals surface area contributed by atoms with Gasteiger partial charge in [-0.3, -0.25) is 0 Å². The molecule has 17 heavy (non-hydrogen) atoms. The molecule has 0 bridgehead atoms. The molecule has 0 unspecified atom stereocenters. The predicted octanol–water partition coefficient (Wildman–Crippen LogP) is 3.55. The van der Waals surface area contributed by atoms with E-state index in [2.05, 4.69) is 11.3 Å². The smallest absolute Gasteiger partial charge is 0.406 e. The molecular formula is C12H14F3NO. The topological polar surface area (TPSA) is 35.2 Å². The minimum Gasteiger partial charge on any atom is -0.406 e. The summed E-state index contributed by atoms with van der Waals surface area (Å²) in [6.45, 7) is 5.58. The molecule has 2 N–H and O–H groups in total. The third-order valence-electron chi connectivity index (χ3n) is 2.11. The Labute approximate surface area is 97.9 Å². The standard InChI is InChI=1S/C12H14F3NO/c1-8(2)7-11(16)9-3-5-10(6-4-9)17-12(13,14)15/h3-6,11H,1,7,16H2,2H3/t11-/m0/s1. The Balaban J connectivity index is 2.71. The molecule has 94 valence electrons. The SMILES string of the molecule is C=C(C)C[C@H](N)c1ccc(OC(F)(F)F)cc1. The van der Waals surface area contributed by atoms with Gasteiger partial charge in [-0.15, -0.1) is 19.8 Å². The van der Waals surface area contributed by atoms with Crippen LogP contribution in [0.2, 0.25) is 0 Å². The predicted molar refractivity (Wildman–Crippen MR) is 59.5 cm³/mol. The summed E-state index contributed by atoms with van der Waals surface area (Å²) in [5, 5.41) is 0. The number of rotatable bonds is 4. The number of alkyl halides is 3. The van der Waals surface area contributed by atoms with Gasteiger partial charge in [0.2, 0.25) is 0 Å². The summed E-state index contributed by atoms with van der Waals surface area (Å²) in [5.74, 6) is -0.247. The number of ether oxygens (including phenoxy) is 1. The maximum atomic E-state index is 11.9. The van der Waals surface area contributed by atoms with E-state index in [1.54, 1.807) is 0 Å². The van der Waals surface area contributed by atoms with Gasteiger partial charge >= 0.3 is 6.36 Å². The quantitative estimate of drug-likeness (QED) is 0.823.